The second-order valence-corrected chi connectivity index (χ2v) is 5.10. The topological polar surface area (TPSA) is 55.6 Å². The van der Waals surface area contributed by atoms with E-state index in [0.717, 1.165) is 6.42 Å². The number of halogens is 3. The third-order valence-corrected chi connectivity index (χ3v) is 3.53. The van der Waals surface area contributed by atoms with Gasteiger partial charge in [-0.1, -0.05) is 11.6 Å². The summed E-state index contributed by atoms with van der Waals surface area (Å²) in [5.41, 5.74) is 5.62. The molecule has 1 fully saturated rings. The quantitative estimate of drug-likeness (QED) is 0.929. The van der Waals surface area contributed by atoms with Crippen LogP contribution in [0.2, 0.25) is 5.02 Å². The third kappa shape index (κ3) is 3.37. The third-order valence-electron chi connectivity index (χ3n) is 3.29. The first kappa shape index (κ1) is 15.0. The van der Waals surface area contributed by atoms with Gasteiger partial charge in [-0.2, -0.15) is 8.78 Å². The highest BCUT2D eigenvalue weighted by atomic mass is 35.5. The van der Waals surface area contributed by atoms with Gasteiger partial charge in [0.25, 0.3) is 5.91 Å². The van der Waals surface area contributed by atoms with Crippen LogP contribution in [0.15, 0.2) is 18.2 Å². The molecule has 2 rings (SSSR count). The predicted octanol–water partition coefficient (Wildman–Crippen LogP) is 2.36. The maximum Gasteiger partial charge on any atom is 0.387 e. The summed E-state index contributed by atoms with van der Waals surface area (Å²) in [5, 5.41) is 0.296. The highest BCUT2D eigenvalue weighted by molar-refractivity contribution is 6.31. The van der Waals surface area contributed by atoms with Gasteiger partial charge < -0.3 is 15.4 Å². The lowest BCUT2D eigenvalue weighted by molar-refractivity contribution is -0.0502. The lowest BCUT2D eigenvalue weighted by Crippen LogP contribution is -2.30. The van der Waals surface area contributed by atoms with Crippen molar-refractivity contribution in [3.8, 4) is 5.75 Å². The van der Waals surface area contributed by atoms with Crippen molar-refractivity contribution in [3.05, 3.63) is 28.8 Å². The van der Waals surface area contributed by atoms with Gasteiger partial charge in [-0.15, -0.1) is 0 Å². The van der Waals surface area contributed by atoms with Crippen molar-refractivity contribution in [2.24, 2.45) is 11.7 Å². The van der Waals surface area contributed by atoms with Crippen molar-refractivity contribution < 1.29 is 18.3 Å². The van der Waals surface area contributed by atoms with Crippen LogP contribution in [-0.4, -0.2) is 37.1 Å². The van der Waals surface area contributed by atoms with Crippen molar-refractivity contribution in [3.63, 3.8) is 0 Å². The Hall–Kier alpha value is -1.40. The maximum absolute atomic E-state index is 12.4. The Labute approximate surface area is 120 Å². The van der Waals surface area contributed by atoms with E-state index in [1.54, 1.807) is 4.90 Å². The number of hydrogen-bond donors (Lipinski definition) is 1. The van der Waals surface area contributed by atoms with Crippen LogP contribution in [0.25, 0.3) is 0 Å². The second kappa shape index (κ2) is 6.37. The second-order valence-electron chi connectivity index (χ2n) is 4.66. The highest BCUT2D eigenvalue weighted by Gasteiger charge is 2.28. The van der Waals surface area contributed by atoms with Gasteiger partial charge in [-0.3, -0.25) is 4.79 Å². The van der Waals surface area contributed by atoms with Crippen LogP contribution in [0.4, 0.5) is 8.78 Å². The molecule has 1 heterocycles. The molecule has 20 heavy (non-hydrogen) atoms. The van der Waals surface area contributed by atoms with E-state index in [2.05, 4.69) is 4.74 Å². The molecule has 1 unspecified atom stereocenters. The summed E-state index contributed by atoms with van der Waals surface area (Å²) in [5.74, 6) is -0.276. The largest absolute Gasteiger partial charge is 0.434 e. The lowest BCUT2D eigenvalue weighted by Gasteiger charge is -2.18. The average molecular weight is 305 g/mol. The first-order valence-corrected chi connectivity index (χ1v) is 6.62. The fourth-order valence-electron chi connectivity index (χ4n) is 2.25. The van der Waals surface area contributed by atoms with E-state index in [1.807, 2.05) is 0 Å². The van der Waals surface area contributed by atoms with Crippen molar-refractivity contribution in [2.45, 2.75) is 13.0 Å². The van der Waals surface area contributed by atoms with E-state index in [9.17, 15) is 13.6 Å². The summed E-state index contributed by atoms with van der Waals surface area (Å²) in [4.78, 5) is 13.9. The molecule has 1 saturated heterocycles. The van der Waals surface area contributed by atoms with Gasteiger partial charge in [0.05, 0.1) is 5.56 Å². The number of amides is 1. The number of alkyl halides is 2. The number of rotatable bonds is 4. The van der Waals surface area contributed by atoms with E-state index >= 15 is 0 Å². The molecule has 4 nitrogen and oxygen atoms in total. The van der Waals surface area contributed by atoms with Crippen LogP contribution >= 0.6 is 11.6 Å². The van der Waals surface area contributed by atoms with Crippen molar-refractivity contribution in [1.82, 2.24) is 4.90 Å². The summed E-state index contributed by atoms with van der Waals surface area (Å²) in [6, 6.07) is 4.03. The number of benzene rings is 1. The van der Waals surface area contributed by atoms with Gasteiger partial charge in [0.2, 0.25) is 0 Å². The Morgan fingerprint density at radius 1 is 1.55 bits per heavy atom. The van der Waals surface area contributed by atoms with Crippen LogP contribution in [0, 0.1) is 5.92 Å². The van der Waals surface area contributed by atoms with Gasteiger partial charge in [0.15, 0.2) is 0 Å². The minimum Gasteiger partial charge on any atom is -0.434 e. The Morgan fingerprint density at radius 2 is 2.30 bits per heavy atom. The Kier molecular flexibility index (Phi) is 4.77. The molecule has 1 aromatic rings. The molecule has 0 aliphatic carbocycles. The molecule has 1 aliphatic heterocycles. The van der Waals surface area contributed by atoms with Gasteiger partial charge >= 0.3 is 6.61 Å². The highest BCUT2D eigenvalue weighted by Crippen LogP contribution is 2.27. The Morgan fingerprint density at radius 3 is 2.90 bits per heavy atom. The molecule has 110 valence electrons. The maximum atomic E-state index is 12.4. The van der Waals surface area contributed by atoms with Gasteiger partial charge in [-0.25, -0.2) is 0 Å². The zero-order valence-electron chi connectivity index (χ0n) is 10.7. The van der Waals surface area contributed by atoms with Gasteiger partial charge in [0.1, 0.15) is 5.75 Å². The molecule has 7 heteroatoms. The van der Waals surface area contributed by atoms with Crippen LogP contribution in [0.5, 0.6) is 5.75 Å². The van der Waals surface area contributed by atoms with E-state index in [-0.39, 0.29) is 23.1 Å². The molecule has 0 spiro atoms. The molecule has 0 bridgehead atoms. The monoisotopic (exact) mass is 304 g/mol. The van der Waals surface area contributed by atoms with Gasteiger partial charge in [0, 0.05) is 18.1 Å². The average Bonchev–Trinajstić information content (AvgIpc) is 2.88. The number of nitrogens with two attached hydrogens (primary N) is 1. The SMILES string of the molecule is NCC1CCN(C(=O)c2cc(Cl)ccc2OC(F)F)C1. The molecule has 0 aromatic heterocycles. The summed E-state index contributed by atoms with van der Waals surface area (Å²) >= 11 is 5.83. The van der Waals surface area contributed by atoms with E-state index in [4.69, 9.17) is 17.3 Å². The summed E-state index contributed by atoms with van der Waals surface area (Å²) in [6.45, 7) is -1.41. The Bertz CT molecular complexity index is 499. The fourth-order valence-corrected chi connectivity index (χ4v) is 2.42. The summed E-state index contributed by atoms with van der Waals surface area (Å²) in [6.07, 6.45) is 0.813. The van der Waals surface area contributed by atoms with Crippen molar-refractivity contribution in [2.75, 3.05) is 19.6 Å². The van der Waals surface area contributed by atoms with E-state index in [0.29, 0.717) is 24.7 Å². The predicted molar refractivity (Wildman–Crippen MR) is 71.1 cm³/mol. The molecule has 1 amide bonds. The van der Waals surface area contributed by atoms with Crippen LogP contribution in [0.3, 0.4) is 0 Å². The first-order valence-electron chi connectivity index (χ1n) is 6.25. The molecular formula is C13H15ClF2N2O2. The smallest absolute Gasteiger partial charge is 0.387 e. The number of ether oxygens (including phenoxy) is 1. The number of carbonyl (C=O) groups is 1. The molecule has 1 aliphatic rings. The first-order chi connectivity index (χ1) is 9.51. The van der Waals surface area contributed by atoms with Gasteiger partial charge in [-0.05, 0) is 37.1 Å². The molecule has 2 N–H and O–H groups in total. The zero-order chi connectivity index (χ0) is 14.7. The molecule has 1 aromatic carbocycles. The number of carbonyl (C=O) groups excluding carboxylic acids is 1. The zero-order valence-corrected chi connectivity index (χ0v) is 11.4. The lowest BCUT2D eigenvalue weighted by atomic mass is 10.1. The molecule has 1 atom stereocenters. The summed E-state index contributed by atoms with van der Waals surface area (Å²) in [7, 11) is 0. The fraction of sp³-hybridized carbons (Fsp3) is 0.462. The van der Waals surface area contributed by atoms with Crippen molar-refractivity contribution in [1.29, 1.82) is 0 Å². The number of likely N-dealkylation sites (tertiary alicyclic amines) is 1. The normalized spacial score (nSPS) is 18.6. The molecular weight excluding hydrogens is 290 g/mol. The van der Waals surface area contributed by atoms with Crippen LogP contribution in [-0.2, 0) is 0 Å². The van der Waals surface area contributed by atoms with Crippen molar-refractivity contribution >= 4 is 17.5 Å². The minimum atomic E-state index is -2.99. The molecule has 0 saturated carbocycles. The van der Waals surface area contributed by atoms with E-state index in [1.165, 1.54) is 18.2 Å². The van der Waals surface area contributed by atoms with Crippen LogP contribution < -0.4 is 10.5 Å². The standard InChI is InChI=1S/C13H15ClF2N2O2/c14-9-1-2-11(20-13(15)16)10(5-9)12(19)18-4-3-8(6-17)7-18/h1-2,5,8,13H,3-4,6-7,17H2. The number of hydrogen-bond acceptors (Lipinski definition) is 3. The van der Waals surface area contributed by atoms with E-state index < -0.39 is 6.61 Å². The Balaban J connectivity index is 2.22. The van der Waals surface area contributed by atoms with Crippen LogP contribution in [0.1, 0.15) is 16.8 Å². The number of nitrogens with zero attached hydrogens (tertiary/aromatic N) is 1. The minimum absolute atomic E-state index is 0.0514. The molecule has 0 radical (unpaired) electrons. The summed E-state index contributed by atoms with van der Waals surface area (Å²) < 4.78 is 29.1.